The third kappa shape index (κ3) is 1.32. The van der Waals surface area contributed by atoms with Crippen LogP contribution in [-0.2, 0) is 0 Å². The standard InChI is InChI=1S/C12H8N2O2/c15-14-8-9-4-1-2-6-11(9)16-12-10(14)5-3-7-13-12/h1-8H. The first-order valence-electron chi connectivity index (χ1n) is 4.88. The fourth-order valence-corrected chi connectivity index (χ4v) is 1.61. The largest absolute Gasteiger partial charge is 0.618 e. The smallest absolute Gasteiger partial charge is 0.294 e. The monoisotopic (exact) mass is 212 g/mol. The van der Waals surface area contributed by atoms with Crippen molar-refractivity contribution >= 4 is 11.9 Å². The van der Waals surface area contributed by atoms with Gasteiger partial charge in [0.15, 0.2) is 6.21 Å². The second-order valence-corrected chi connectivity index (χ2v) is 3.42. The molecule has 0 atom stereocenters. The summed E-state index contributed by atoms with van der Waals surface area (Å²) in [6.45, 7) is 0. The van der Waals surface area contributed by atoms with Crippen LogP contribution in [0.4, 0.5) is 5.69 Å². The van der Waals surface area contributed by atoms with Gasteiger partial charge in [-0.25, -0.2) is 4.98 Å². The van der Waals surface area contributed by atoms with Crippen LogP contribution in [0.2, 0.25) is 0 Å². The zero-order chi connectivity index (χ0) is 11.0. The fourth-order valence-electron chi connectivity index (χ4n) is 1.61. The maximum absolute atomic E-state index is 11.8. The molecule has 1 aromatic carbocycles. The molecule has 0 unspecified atom stereocenters. The van der Waals surface area contributed by atoms with Crippen LogP contribution in [0.3, 0.4) is 0 Å². The lowest BCUT2D eigenvalue weighted by Gasteiger charge is -2.04. The highest BCUT2D eigenvalue weighted by molar-refractivity contribution is 5.82. The van der Waals surface area contributed by atoms with Gasteiger partial charge < -0.3 is 9.94 Å². The molecule has 1 aliphatic rings. The molecular weight excluding hydrogens is 204 g/mol. The van der Waals surface area contributed by atoms with Crippen LogP contribution < -0.4 is 4.74 Å². The van der Waals surface area contributed by atoms with Crippen molar-refractivity contribution in [3.8, 4) is 11.6 Å². The van der Waals surface area contributed by atoms with Crippen LogP contribution in [0, 0.1) is 5.21 Å². The van der Waals surface area contributed by atoms with Gasteiger partial charge in [0.25, 0.3) is 11.6 Å². The Morgan fingerprint density at radius 1 is 1.12 bits per heavy atom. The van der Waals surface area contributed by atoms with Gasteiger partial charge in [-0.3, -0.25) is 0 Å². The SMILES string of the molecule is [O-][N+]1=Cc2ccccc2Oc2ncccc21. The Balaban J connectivity index is 2.25. The molecule has 1 aromatic heterocycles. The predicted molar refractivity (Wildman–Crippen MR) is 59.2 cm³/mol. The van der Waals surface area contributed by atoms with Gasteiger partial charge in [0.05, 0.1) is 5.56 Å². The highest BCUT2D eigenvalue weighted by Crippen LogP contribution is 2.32. The van der Waals surface area contributed by atoms with E-state index in [0.717, 1.165) is 10.3 Å². The number of rotatable bonds is 0. The van der Waals surface area contributed by atoms with Gasteiger partial charge in [0.2, 0.25) is 0 Å². The van der Waals surface area contributed by atoms with Crippen molar-refractivity contribution in [2.75, 3.05) is 0 Å². The van der Waals surface area contributed by atoms with Crippen LogP contribution in [0.25, 0.3) is 0 Å². The summed E-state index contributed by atoms with van der Waals surface area (Å²) in [6.07, 6.45) is 3.09. The number of benzene rings is 1. The molecule has 0 fully saturated rings. The maximum Gasteiger partial charge on any atom is 0.294 e. The third-order valence-corrected chi connectivity index (χ3v) is 2.37. The lowest BCUT2D eigenvalue weighted by Crippen LogP contribution is -1.96. The molecule has 2 aromatic rings. The van der Waals surface area contributed by atoms with Crippen molar-refractivity contribution in [2.45, 2.75) is 0 Å². The molecule has 1 aliphatic heterocycles. The van der Waals surface area contributed by atoms with E-state index in [0.29, 0.717) is 17.3 Å². The van der Waals surface area contributed by atoms with E-state index < -0.39 is 0 Å². The third-order valence-electron chi connectivity index (χ3n) is 2.37. The maximum atomic E-state index is 11.8. The van der Waals surface area contributed by atoms with E-state index >= 15 is 0 Å². The lowest BCUT2D eigenvalue weighted by molar-refractivity contribution is -0.355. The molecule has 3 rings (SSSR count). The summed E-state index contributed by atoms with van der Waals surface area (Å²) >= 11 is 0. The molecule has 4 nitrogen and oxygen atoms in total. The van der Waals surface area contributed by atoms with Crippen LogP contribution in [0.15, 0.2) is 42.6 Å². The average Bonchev–Trinajstić information content (AvgIpc) is 2.45. The first-order valence-corrected chi connectivity index (χ1v) is 4.88. The summed E-state index contributed by atoms with van der Waals surface area (Å²) < 4.78 is 6.36. The number of nitrogens with zero attached hydrogens (tertiary/aromatic N) is 2. The fraction of sp³-hybridized carbons (Fsp3) is 0. The molecular formula is C12H8N2O2. The zero-order valence-electron chi connectivity index (χ0n) is 8.33. The number of pyridine rings is 1. The average molecular weight is 212 g/mol. The van der Waals surface area contributed by atoms with E-state index in [2.05, 4.69) is 4.98 Å². The Bertz CT molecular complexity index is 579. The van der Waals surface area contributed by atoms with Gasteiger partial charge in [-0.05, 0) is 18.2 Å². The lowest BCUT2D eigenvalue weighted by atomic mass is 10.2. The molecule has 0 aliphatic carbocycles. The van der Waals surface area contributed by atoms with Crippen molar-refractivity contribution in [2.24, 2.45) is 0 Å². The van der Waals surface area contributed by atoms with Gasteiger partial charge in [0, 0.05) is 12.3 Å². The highest BCUT2D eigenvalue weighted by Gasteiger charge is 2.19. The highest BCUT2D eigenvalue weighted by atomic mass is 16.5. The Kier molecular flexibility index (Phi) is 1.86. The molecule has 16 heavy (non-hydrogen) atoms. The number of fused-ring (bicyclic) bond motifs is 2. The molecule has 0 radical (unpaired) electrons. The van der Waals surface area contributed by atoms with Crippen LogP contribution in [0.1, 0.15) is 5.56 Å². The first kappa shape index (κ1) is 8.91. The van der Waals surface area contributed by atoms with E-state index in [1.807, 2.05) is 24.3 Å². The van der Waals surface area contributed by atoms with Gasteiger partial charge >= 0.3 is 0 Å². The summed E-state index contributed by atoms with van der Waals surface area (Å²) in [5, 5.41) is 11.8. The number of ether oxygens (including phenoxy) is 1. The van der Waals surface area contributed by atoms with Crippen molar-refractivity contribution in [1.29, 1.82) is 0 Å². The van der Waals surface area contributed by atoms with Crippen LogP contribution in [-0.4, -0.2) is 15.9 Å². The molecule has 2 heterocycles. The predicted octanol–water partition coefficient (Wildman–Crippen LogP) is 2.45. The summed E-state index contributed by atoms with van der Waals surface area (Å²) in [5.41, 5.74) is 1.16. The molecule has 0 N–H and O–H groups in total. The van der Waals surface area contributed by atoms with Crippen molar-refractivity contribution in [3.63, 3.8) is 0 Å². The molecule has 0 saturated carbocycles. The Morgan fingerprint density at radius 2 is 2.00 bits per heavy atom. The second kappa shape index (κ2) is 3.34. The molecule has 0 spiro atoms. The quantitative estimate of drug-likeness (QED) is 0.497. The van der Waals surface area contributed by atoms with Gasteiger partial charge in [-0.2, -0.15) is 4.74 Å². The van der Waals surface area contributed by atoms with Gasteiger partial charge in [0.1, 0.15) is 5.75 Å². The molecule has 78 valence electrons. The van der Waals surface area contributed by atoms with Crippen molar-refractivity contribution in [1.82, 2.24) is 4.98 Å². The summed E-state index contributed by atoms with van der Waals surface area (Å²) in [7, 11) is 0. The van der Waals surface area contributed by atoms with Gasteiger partial charge in [-0.15, -0.1) is 0 Å². The molecule has 0 saturated heterocycles. The van der Waals surface area contributed by atoms with E-state index in [-0.39, 0.29) is 0 Å². The Hall–Kier alpha value is -2.36. The Morgan fingerprint density at radius 3 is 2.94 bits per heavy atom. The molecule has 0 bridgehead atoms. The minimum Gasteiger partial charge on any atom is -0.618 e. The topological polar surface area (TPSA) is 48.2 Å². The molecule has 4 heteroatoms. The van der Waals surface area contributed by atoms with E-state index in [4.69, 9.17) is 4.74 Å². The van der Waals surface area contributed by atoms with Crippen molar-refractivity contribution < 1.29 is 9.48 Å². The molecule has 0 amide bonds. The number of hydrogen-bond donors (Lipinski definition) is 0. The van der Waals surface area contributed by atoms with E-state index in [9.17, 15) is 5.21 Å². The van der Waals surface area contributed by atoms with Crippen LogP contribution >= 0.6 is 0 Å². The minimum absolute atomic E-state index is 0.332. The van der Waals surface area contributed by atoms with Gasteiger partial charge in [-0.1, -0.05) is 12.1 Å². The van der Waals surface area contributed by atoms with E-state index in [1.165, 1.54) is 6.21 Å². The number of aromatic nitrogens is 1. The number of hydrogen-bond acceptors (Lipinski definition) is 3. The first-order chi connectivity index (χ1) is 7.84. The normalized spacial score (nSPS) is 12.9. The zero-order valence-corrected chi connectivity index (χ0v) is 8.33. The van der Waals surface area contributed by atoms with Crippen LogP contribution in [0.5, 0.6) is 11.6 Å². The summed E-state index contributed by atoms with van der Waals surface area (Å²) in [4.78, 5) is 4.04. The number of para-hydroxylation sites is 1. The second-order valence-electron chi connectivity index (χ2n) is 3.42. The Labute approximate surface area is 92.0 Å². The minimum atomic E-state index is 0.332. The van der Waals surface area contributed by atoms with Crippen molar-refractivity contribution in [3.05, 3.63) is 53.4 Å². The summed E-state index contributed by atoms with van der Waals surface area (Å²) in [6, 6.07) is 10.7. The van der Waals surface area contributed by atoms with E-state index in [1.54, 1.807) is 18.3 Å². The summed E-state index contributed by atoms with van der Waals surface area (Å²) in [5.74, 6) is 0.972.